The van der Waals surface area contributed by atoms with Gasteiger partial charge < -0.3 is 5.32 Å². The van der Waals surface area contributed by atoms with Crippen LogP contribution >= 0.6 is 27.3 Å². The molecule has 0 aliphatic carbocycles. The predicted octanol–water partition coefficient (Wildman–Crippen LogP) is 4.74. The molecule has 1 N–H and O–H groups in total. The van der Waals surface area contributed by atoms with Crippen LogP contribution in [-0.4, -0.2) is 7.05 Å². The second-order valence-electron chi connectivity index (χ2n) is 4.70. The standard InChI is InChI=1S/C15H18BrNS/c1-9-5-11(3)13(6-10(9)2)15(17-4)12-7-14(16)18-8-12/h5-8,15,17H,1-4H3. The minimum atomic E-state index is 0.270. The number of nitrogens with one attached hydrogen (secondary N) is 1. The van der Waals surface area contributed by atoms with E-state index in [1.165, 1.54) is 31.6 Å². The predicted molar refractivity (Wildman–Crippen MR) is 83.6 cm³/mol. The van der Waals surface area contributed by atoms with Gasteiger partial charge in [0, 0.05) is 0 Å². The topological polar surface area (TPSA) is 12.0 Å². The molecular formula is C15H18BrNS. The van der Waals surface area contributed by atoms with Gasteiger partial charge >= 0.3 is 0 Å². The van der Waals surface area contributed by atoms with Gasteiger partial charge in [0.05, 0.1) is 9.83 Å². The largest absolute Gasteiger partial charge is 0.309 e. The van der Waals surface area contributed by atoms with E-state index in [1.807, 2.05) is 7.05 Å². The highest BCUT2D eigenvalue weighted by Crippen LogP contribution is 2.31. The molecular weight excluding hydrogens is 306 g/mol. The van der Waals surface area contributed by atoms with Crippen LogP contribution in [0.25, 0.3) is 0 Å². The average molecular weight is 324 g/mol. The summed E-state index contributed by atoms with van der Waals surface area (Å²) in [5.41, 5.74) is 6.74. The fourth-order valence-electron chi connectivity index (χ4n) is 2.27. The number of hydrogen-bond acceptors (Lipinski definition) is 2. The summed E-state index contributed by atoms with van der Waals surface area (Å²) in [4.78, 5) is 0. The van der Waals surface area contributed by atoms with Crippen LogP contribution in [0.4, 0.5) is 0 Å². The lowest BCUT2D eigenvalue weighted by Crippen LogP contribution is -2.18. The van der Waals surface area contributed by atoms with Gasteiger partial charge in [-0.1, -0.05) is 12.1 Å². The number of benzene rings is 1. The number of halogens is 1. The molecule has 0 radical (unpaired) electrons. The van der Waals surface area contributed by atoms with Crippen molar-refractivity contribution in [3.8, 4) is 0 Å². The molecule has 2 aromatic rings. The van der Waals surface area contributed by atoms with Crippen LogP contribution in [-0.2, 0) is 0 Å². The van der Waals surface area contributed by atoms with Crippen molar-refractivity contribution in [1.82, 2.24) is 5.32 Å². The van der Waals surface area contributed by atoms with Gasteiger partial charge in [0.2, 0.25) is 0 Å². The van der Waals surface area contributed by atoms with Gasteiger partial charge in [-0.3, -0.25) is 0 Å². The molecule has 1 unspecified atom stereocenters. The molecule has 18 heavy (non-hydrogen) atoms. The monoisotopic (exact) mass is 323 g/mol. The van der Waals surface area contributed by atoms with Gasteiger partial charge in [-0.25, -0.2) is 0 Å². The average Bonchev–Trinajstić information content (AvgIpc) is 2.73. The smallest absolute Gasteiger partial charge is 0.0701 e. The second kappa shape index (κ2) is 5.55. The zero-order valence-corrected chi connectivity index (χ0v) is 13.6. The van der Waals surface area contributed by atoms with Crippen molar-refractivity contribution < 1.29 is 0 Å². The third kappa shape index (κ3) is 2.68. The van der Waals surface area contributed by atoms with E-state index in [0.29, 0.717) is 0 Å². The van der Waals surface area contributed by atoms with Crippen molar-refractivity contribution in [1.29, 1.82) is 0 Å². The van der Waals surface area contributed by atoms with Gasteiger partial charge in [0.1, 0.15) is 0 Å². The molecule has 1 aromatic heterocycles. The lowest BCUT2D eigenvalue weighted by molar-refractivity contribution is 0.689. The van der Waals surface area contributed by atoms with Crippen LogP contribution < -0.4 is 5.32 Å². The van der Waals surface area contributed by atoms with E-state index in [-0.39, 0.29) is 6.04 Å². The Balaban J connectivity index is 2.48. The third-order valence-corrected chi connectivity index (χ3v) is 4.93. The van der Waals surface area contributed by atoms with Crippen molar-refractivity contribution in [2.75, 3.05) is 7.05 Å². The molecule has 0 saturated carbocycles. The summed E-state index contributed by atoms with van der Waals surface area (Å²) in [6.45, 7) is 6.53. The van der Waals surface area contributed by atoms with Crippen LogP contribution in [0, 0.1) is 20.8 Å². The first-order valence-corrected chi connectivity index (χ1v) is 7.69. The van der Waals surface area contributed by atoms with Crippen LogP contribution in [0.1, 0.15) is 33.9 Å². The number of thiophene rings is 1. The molecule has 1 nitrogen and oxygen atoms in total. The van der Waals surface area contributed by atoms with Gasteiger partial charge in [-0.2, -0.15) is 0 Å². The highest BCUT2D eigenvalue weighted by atomic mass is 79.9. The first-order chi connectivity index (χ1) is 8.52. The Hall–Kier alpha value is -0.640. The lowest BCUT2D eigenvalue weighted by Gasteiger charge is -2.19. The fourth-order valence-corrected chi connectivity index (χ4v) is 3.47. The minimum Gasteiger partial charge on any atom is -0.309 e. The zero-order chi connectivity index (χ0) is 13.3. The normalized spacial score (nSPS) is 12.7. The van der Waals surface area contributed by atoms with Crippen LogP contribution in [0.15, 0.2) is 27.4 Å². The zero-order valence-electron chi connectivity index (χ0n) is 11.2. The highest BCUT2D eigenvalue weighted by Gasteiger charge is 2.16. The summed E-state index contributed by atoms with van der Waals surface area (Å²) in [5, 5.41) is 5.63. The van der Waals surface area contributed by atoms with E-state index >= 15 is 0 Å². The molecule has 0 spiro atoms. The Kier molecular flexibility index (Phi) is 4.25. The summed E-state index contributed by atoms with van der Waals surface area (Å²) in [6.07, 6.45) is 0. The summed E-state index contributed by atoms with van der Waals surface area (Å²) in [5.74, 6) is 0. The molecule has 0 amide bonds. The van der Waals surface area contributed by atoms with E-state index in [0.717, 1.165) is 0 Å². The van der Waals surface area contributed by atoms with Crippen molar-refractivity contribution in [2.24, 2.45) is 0 Å². The number of hydrogen-bond donors (Lipinski definition) is 1. The Bertz CT molecular complexity index is 560. The summed E-state index contributed by atoms with van der Waals surface area (Å²) >= 11 is 5.27. The molecule has 0 saturated heterocycles. The molecule has 3 heteroatoms. The van der Waals surface area contributed by atoms with Gasteiger partial charge in [-0.05, 0) is 83.0 Å². The summed E-state index contributed by atoms with van der Waals surface area (Å²) < 4.78 is 1.18. The first kappa shape index (κ1) is 13.8. The minimum absolute atomic E-state index is 0.270. The fraction of sp³-hybridized carbons (Fsp3) is 0.333. The van der Waals surface area contributed by atoms with E-state index in [1.54, 1.807) is 11.3 Å². The van der Waals surface area contributed by atoms with Gasteiger partial charge in [-0.15, -0.1) is 11.3 Å². The molecule has 0 bridgehead atoms. The van der Waals surface area contributed by atoms with Crippen molar-refractivity contribution >= 4 is 27.3 Å². The molecule has 0 fully saturated rings. The van der Waals surface area contributed by atoms with Crippen molar-refractivity contribution in [3.63, 3.8) is 0 Å². The molecule has 0 aliphatic rings. The Morgan fingerprint density at radius 2 is 1.72 bits per heavy atom. The Morgan fingerprint density at radius 1 is 1.06 bits per heavy atom. The second-order valence-corrected chi connectivity index (χ2v) is 6.99. The van der Waals surface area contributed by atoms with Crippen LogP contribution in [0.5, 0.6) is 0 Å². The summed E-state index contributed by atoms with van der Waals surface area (Å²) in [6, 6.07) is 7.04. The summed E-state index contributed by atoms with van der Waals surface area (Å²) in [7, 11) is 2.02. The molecule has 1 atom stereocenters. The SMILES string of the molecule is CNC(c1csc(Br)c1)c1cc(C)c(C)cc1C. The molecule has 1 aromatic carbocycles. The van der Waals surface area contributed by atoms with E-state index in [2.05, 4.69) is 65.6 Å². The molecule has 96 valence electrons. The van der Waals surface area contributed by atoms with Crippen molar-refractivity contribution in [3.05, 3.63) is 55.2 Å². The molecule has 1 heterocycles. The van der Waals surface area contributed by atoms with E-state index < -0.39 is 0 Å². The molecule has 0 aliphatic heterocycles. The first-order valence-electron chi connectivity index (χ1n) is 6.02. The van der Waals surface area contributed by atoms with Gasteiger partial charge in [0.25, 0.3) is 0 Å². The van der Waals surface area contributed by atoms with E-state index in [4.69, 9.17) is 0 Å². The Morgan fingerprint density at radius 3 is 2.28 bits per heavy atom. The van der Waals surface area contributed by atoms with Crippen molar-refractivity contribution in [2.45, 2.75) is 26.8 Å². The van der Waals surface area contributed by atoms with Crippen LogP contribution in [0.2, 0.25) is 0 Å². The van der Waals surface area contributed by atoms with E-state index in [9.17, 15) is 0 Å². The highest BCUT2D eigenvalue weighted by molar-refractivity contribution is 9.11. The maximum atomic E-state index is 3.54. The van der Waals surface area contributed by atoms with Gasteiger partial charge in [0.15, 0.2) is 0 Å². The number of rotatable bonds is 3. The lowest BCUT2D eigenvalue weighted by atomic mass is 9.93. The molecule has 2 rings (SSSR count). The quantitative estimate of drug-likeness (QED) is 0.859. The Labute approximate surface area is 121 Å². The maximum absolute atomic E-state index is 3.54. The number of aryl methyl sites for hydroxylation is 3. The maximum Gasteiger partial charge on any atom is 0.0701 e. The third-order valence-electron chi connectivity index (χ3n) is 3.40. The van der Waals surface area contributed by atoms with Crippen LogP contribution in [0.3, 0.4) is 0 Å².